The lowest BCUT2D eigenvalue weighted by Gasteiger charge is -2.38. The molecule has 0 aliphatic carbocycles. The molecule has 0 radical (unpaired) electrons. The van der Waals surface area contributed by atoms with Crippen molar-refractivity contribution in [3.8, 4) is 0 Å². The zero-order chi connectivity index (χ0) is 32.4. The molecule has 0 aromatic rings. The number of hydrogen-bond donors (Lipinski definition) is 5. The van der Waals surface area contributed by atoms with Crippen LogP contribution in [0.4, 0.5) is 0 Å². The van der Waals surface area contributed by atoms with Gasteiger partial charge in [0.05, 0.1) is 24.4 Å². The Morgan fingerprint density at radius 2 is 1.79 bits per heavy atom. The minimum Gasteiger partial charge on any atom is -0.478 e. The Kier molecular flexibility index (Phi) is 19.0. The second-order valence-electron chi connectivity index (χ2n) is 13.2. The fraction of sp³-hybridized carbons (Fsp3) is 0.750. The first kappa shape index (κ1) is 39.1. The van der Waals surface area contributed by atoms with E-state index in [0.29, 0.717) is 19.3 Å². The number of nitrogens with one attached hydrogen (secondary N) is 1. The summed E-state index contributed by atoms with van der Waals surface area (Å²) >= 11 is 0. The summed E-state index contributed by atoms with van der Waals surface area (Å²) in [7, 11) is 0. The summed E-state index contributed by atoms with van der Waals surface area (Å²) in [4.78, 5) is 10.4. The summed E-state index contributed by atoms with van der Waals surface area (Å²) in [6.07, 6.45) is 17.4. The largest absolute Gasteiger partial charge is 0.478 e. The van der Waals surface area contributed by atoms with Crippen LogP contribution in [0, 0.1) is 11.3 Å². The number of carboxylic acid groups (broad SMARTS) is 1. The minimum absolute atomic E-state index is 0.0331. The fourth-order valence-electron chi connectivity index (χ4n) is 5.76. The molecule has 0 aromatic heterocycles. The lowest BCUT2D eigenvalue weighted by molar-refractivity contribution is -0.131. The Bertz CT molecular complexity index is 894. The maximum Gasteiger partial charge on any atom is 0.328 e. The molecule has 0 saturated carbocycles. The summed E-state index contributed by atoms with van der Waals surface area (Å²) in [5.74, 6) is -0.661. The van der Waals surface area contributed by atoms with Gasteiger partial charge >= 0.3 is 5.97 Å². The number of aliphatic hydroxyl groups excluding tert-OH is 3. The van der Waals surface area contributed by atoms with Crippen molar-refractivity contribution in [2.45, 2.75) is 162 Å². The molecule has 1 heterocycles. The molecule has 1 aliphatic rings. The van der Waals surface area contributed by atoms with E-state index in [1.165, 1.54) is 6.08 Å². The molecular formula is C36H63NO6. The number of carboxylic acids is 1. The highest BCUT2D eigenvalue weighted by atomic mass is 16.5. The van der Waals surface area contributed by atoms with Crippen LogP contribution in [-0.2, 0) is 9.53 Å². The van der Waals surface area contributed by atoms with Crippen LogP contribution in [-0.4, -0.2) is 63.0 Å². The fourth-order valence-corrected chi connectivity index (χ4v) is 5.76. The molecule has 1 fully saturated rings. The molecule has 0 spiro atoms. The molecule has 7 atom stereocenters. The number of ether oxygens (including phenoxy) is 1. The standard InChI is InChI=1S/C36H63NO6/c1-8-18-29(37-31(19-9-2)35(42)32-24-26(3)27(4)28(5)43-32)20-17-23-36(6,7)33(39)25-30(38)21-15-13-11-10-12-14-16-22-34(40)41/h12,14,16,19,22,27-30,32-33,35,37-39,42H,3,8-11,13,15,17-18,20-21,23-25H2,1-2,4-7H3,(H,40,41)/b14-12+,22-16+,31-19+. The Labute approximate surface area is 262 Å². The van der Waals surface area contributed by atoms with Gasteiger partial charge in [0.1, 0.15) is 6.10 Å². The van der Waals surface area contributed by atoms with E-state index in [0.717, 1.165) is 81.6 Å². The monoisotopic (exact) mass is 605 g/mol. The van der Waals surface area contributed by atoms with E-state index in [9.17, 15) is 20.1 Å². The van der Waals surface area contributed by atoms with Crippen molar-refractivity contribution in [2.24, 2.45) is 11.3 Å². The van der Waals surface area contributed by atoms with Crippen LogP contribution in [0.2, 0.25) is 0 Å². The van der Waals surface area contributed by atoms with Crippen LogP contribution in [0.1, 0.15) is 125 Å². The number of aliphatic carboxylic acids is 1. The van der Waals surface area contributed by atoms with Gasteiger partial charge in [-0.2, -0.15) is 0 Å². The van der Waals surface area contributed by atoms with Crippen LogP contribution >= 0.6 is 0 Å². The maximum absolute atomic E-state index is 11.3. The Morgan fingerprint density at radius 1 is 1.07 bits per heavy atom. The van der Waals surface area contributed by atoms with E-state index in [-0.39, 0.29) is 29.6 Å². The van der Waals surface area contributed by atoms with Gasteiger partial charge in [-0.3, -0.25) is 0 Å². The summed E-state index contributed by atoms with van der Waals surface area (Å²) in [6.45, 7) is 16.8. The third-order valence-corrected chi connectivity index (χ3v) is 8.97. The lowest BCUT2D eigenvalue weighted by Crippen LogP contribution is -2.45. The van der Waals surface area contributed by atoms with Crippen LogP contribution in [0.15, 0.2) is 48.2 Å². The zero-order valence-electron chi connectivity index (χ0n) is 27.9. The van der Waals surface area contributed by atoms with Crippen molar-refractivity contribution < 1.29 is 30.0 Å². The van der Waals surface area contributed by atoms with Gasteiger partial charge in [-0.05, 0) is 70.1 Å². The lowest BCUT2D eigenvalue weighted by atomic mass is 9.78. The topological polar surface area (TPSA) is 119 Å². The molecule has 5 N–H and O–H groups in total. The number of rotatable bonds is 22. The van der Waals surface area contributed by atoms with E-state index in [1.54, 1.807) is 6.08 Å². The van der Waals surface area contributed by atoms with Crippen LogP contribution < -0.4 is 5.32 Å². The van der Waals surface area contributed by atoms with E-state index in [1.807, 2.05) is 13.0 Å². The Balaban J connectivity index is 2.52. The SMILES string of the molecule is C=C1CC(C(O)/C(=C\CC)NC(CCC)CCCC(C)(C)C(O)CC(O)CCCCC/C=C/C=C/C(=O)O)OC(C)C1C. The number of hydrogen-bond acceptors (Lipinski definition) is 6. The molecule has 1 aliphatic heterocycles. The molecule has 248 valence electrons. The zero-order valence-corrected chi connectivity index (χ0v) is 27.9. The number of aliphatic hydroxyl groups is 3. The first-order valence-electron chi connectivity index (χ1n) is 16.7. The minimum atomic E-state index is -0.950. The van der Waals surface area contributed by atoms with Crippen molar-refractivity contribution >= 4 is 5.97 Å². The average molecular weight is 606 g/mol. The van der Waals surface area contributed by atoms with Crippen molar-refractivity contribution in [1.29, 1.82) is 0 Å². The van der Waals surface area contributed by atoms with Crippen LogP contribution in [0.5, 0.6) is 0 Å². The number of carbonyl (C=O) groups is 1. The summed E-state index contributed by atoms with van der Waals surface area (Å²) in [5, 5.41) is 45.1. The van der Waals surface area contributed by atoms with Crippen molar-refractivity contribution in [3.63, 3.8) is 0 Å². The van der Waals surface area contributed by atoms with Gasteiger partial charge in [0.25, 0.3) is 0 Å². The molecule has 0 bridgehead atoms. The van der Waals surface area contributed by atoms with Crippen LogP contribution in [0.3, 0.4) is 0 Å². The Morgan fingerprint density at radius 3 is 2.42 bits per heavy atom. The van der Waals surface area contributed by atoms with Crippen molar-refractivity contribution in [1.82, 2.24) is 5.32 Å². The van der Waals surface area contributed by atoms with Gasteiger partial charge in [-0.25, -0.2) is 4.79 Å². The van der Waals surface area contributed by atoms with E-state index >= 15 is 0 Å². The molecule has 7 heteroatoms. The second kappa shape index (κ2) is 20.9. The van der Waals surface area contributed by atoms with Gasteiger partial charge < -0.3 is 30.5 Å². The second-order valence-corrected chi connectivity index (χ2v) is 13.2. The van der Waals surface area contributed by atoms with Gasteiger partial charge in [0.15, 0.2) is 0 Å². The summed E-state index contributed by atoms with van der Waals surface area (Å²) in [6, 6.07) is 0.224. The molecular weight excluding hydrogens is 542 g/mol. The third-order valence-electron chi connectivity index (χ3n) is 8.97. The van der Waals surface area contributed by atoms with Crippen molar-refractivity contribution in [2.75, 3.05) is 0 Å². The molecule has 0 aromatic carbocycles. The first-order valence-corrected chi connectivity index (χ1v) is 16.7. The number of allylic oxidation sites excluding steroid dienone is 4. The first-order chi connectivity index (χ1) is 20.3. The average Bonchev–Trinajstić information content (AvgIpc) is 2.93. The maximum atomic E-state index is 11.3. The molecule has 1 saturated heterocycles. The van der Waals surface area contributed by atoms with Gasteiger partial charge in [-0.1, -0.05) is 96.8 Å². The molecule has 1 rings (SSSR count). The van der Waals surface area contributed by atoms with E-state index in [2.05, 4.69) is 52.6 Å². The summed E-state index contributed by atoms with van der Waals surface area (Å²) < 4.78 is 6.18. The molecule has 43 heavy (non-hydrogen) atoms. The number of unbranched alkanes of at least 4 members (excludes halogenated alkanes) is 3. The smallest absolute Gasteiger partial charge is 0.328 e. The van der Waals surface area contributed by atoms with Crippen LogP contribution in [0.25, 0.3) is 0 Å². The predicted octanol–water partition coefficient (Wildman–Crippen LogP) is 7.23. The highest BCUT2D eigenvalue weighted by Crippen LogP contribution is 2.33. The third kappa shape index (κ3) is 15.6. The molecule has 0 amide bonds. The quantitative estimate of drug-likeness (QED) is 0.0382. The molecule has 7 nitrogen and oxygen atoms in total. The van der Waals surface area contributed by atoms with E-state index in [4.69, 9.17) is 9.84 Å². The molecule has 7 unspecified atom stereocenters. The van der Waals surface area contributed by atoms with Gasteiger partial charge in [0, 0.05) is 23.7 Å². The Hall–Kier alpha value is -1.93. The summed E-state index contributed by atoms with van der Waals surface area (Å²) in [5.41, 5.74) is 1.66. The van der Waals surface area contributed by atoms with Gasteiger partial charge in [-0.15, -0.1) is 0 Å². The van der Waals surface area contributed by atoms with E-state index < -0.39 is 24.3 Å². The van der Waals surface area contributed by atoms with Gasteiger partial charge in [0.2, 0.25) is 0 Å². The van der Waals surface area contributed by atoms with Crippen molar-refractivity contribution in [3.05, 3.63) is 48.2 Å². The normalized spacial score (nSPS) is 23.0. The predicted molar refractivity (Wildman–Crippen MR) is 177 cm³/mol. The highest BCUT2D eigenvalue weighted by Gasteiger charge is 2.34. The highest BCUT2D eigenvalue weighted by molar-refractivity contribution is 5.80.